The molecule has 3 rings (SSSR count). The quantitative estimate of drug-likeness (QED) is 0.791. The topological polar surface area (TPSA) is 83.6 Å². The standard InChI is InChI=1S/C18H21BrN2O3S/c1-13-2-8-16(9-3-13)25(23,24)21-11-10-18(22,17(20)12-21)14-4-6-15(19)7-5-14/h2-9,17,22H,10-12,20H2,1H3/t17-,18+/m0/s1. The molecule has 0 bridgehead atoms. The normalized spacial score (nSPS) is 25.0. The van der Waals surface area contributed by atoms with Gasteiger partial charge in [-0.1, -0.05) is 45.8 Å². The summed E-state index contributed by atoms with van der Waals surface area (Å²) in [6.07, 6.45) is 0.251. The number of sulfonamides is 1. The minimum Gasteiger partial charge on any atom is -0.383 e. The fourth-order valence-electron chi connectivity index (χ4n) is 3.12. The minimum absolute atomic E-state index is 0.0722. The summed E-state index contributed by atoms with van der Waals surface area (Å²) >= 11 is 3.37. The van der Waals surface area contributed by atoms with Crippen LogP contribution in [0, 0.1) is 6.92 Å². The molecule has 0 amide bonds. The molecule has 0 spiro atoms. The van der Waals surface area contributed by atoms with E-state index in [1.807, 2.05) is 31.2 Å². The number of aliphatic hydroxyl groups is 1. The van der Waals surface area contributed by atoms with Crippen molar-refractivity contribution in [3.8, 4) is 0 Å². The van der Waals surface area contributed by atoms with Gasteiger partial charge in [0, 0.05) is 17.6 Å². The molecule has 2 aromatic carbocycles. The molecule has 0 unspecified atom stereocenters. The highest BCUT2D eigenvalue weighted by Crippen LogP contribution is 2.34. The van der Waals surface area contributed by atoms with E-state index < -0.39 is 21.7 Å². The Kier molecular flexibility index (Phi) is 5.05. The molecule has 1 aliphatic rings. The predicted molar refractivity (Wildman–Crippen MR) is 101 cm³/mol. The molecule has 1 aliphatic heterocycles. The van der Waals surface area contributed by atoms with Gasteiger partial charge >= 0.3 is 0 Å². The molecule has 0 radical (unpaired) electrons. The molecule has 25 heavy (non-hydrogen) atoms. The number of hydrogen-bond donors (Lipinski definition) is 2. The lowest BCUT2D eigenvalue weighted by Crippen LogP contribution is -2.58. The molecule has 134 valence electrons. The van der Waals surface area contributed by atoms with Crippen LogP contribution in [0.2, 0.25) is 0 Å². The summed E-state index contributed by atoms with van der Waals surface area (Å²) in [4.78, 5) is 0.249. The van der Waals surface area contributed by atoms with Gasteiger partial charge in [0.25, 0.3) is 0 Å². The van der Waals surface area contributed by atoms with Gasteiger partial charge in [0.2, 0.25) is 10.0 Å². The second kappa shape index (κ2) is 6.81. The van der Waals surface area contributed by atoms with Crippen molar-refractivity contribution in [2.24, 2.45) is 5.73 Å². The van der Waals surface area contributed by atoms with Crippen LogP contribution >= 0.6 is 15.9 Å². The lowest BCUT2D eigenvalue weighted by atomic mass is 9.81. The van der Waals surface area contributed by atoms with E-state index in [1.54, 1.807) is 24.3 Å². The van der Waals surface area contributed by atoms with Crippen molar-refractivity contribution in [3.05, 3.63) is 64.1 Å². The Morgan fingerprint density at radius 2 is 1.76 bits per heavy atom. The van der Waals surface area contributed by atoms with E-state index in [-0.39, 0.29) is 24.4 Å². The molecule has 7 heteroatoms. The number of piperidine rings is 1. The molecular formula is C18H21BrN2O3S. The summed E-state index contributed by atoms with van der Waals surface area (Å²) in [6, 6.07) is 13.4. The highest BCUT2D eigenvalue weighted by molar-refractivity contribution is 9.10. The van der Waals surface area contributed by atoms with Crippen LogP contribution < -0.4 is 5.73 Å². The lowest BCUT2D eigenvalue weighted by Gasteiger charge is -2.42. The lowest BCUT2D eigenvalue weighted by molar-refractivity contribution is -0.0281. The number of nitrogens with two attached hydrogens (primary N) is 1. The smallest absolute Gasteiger partial charge is 0.243 e. The Hall–Kier alpha value is -1.25. The molecule has 1 fully saturated rings. The summed E-state index contributed by atoms with van der Waals surface area (Å²) in [5, 5.41) is 11.0. The molecule has 0 aromatic heterocycles. The van der Waals surface area contributed by atoms with Crippen molar-refractivity contribution < 1.29 is 13.5 Å². The molecule has 0 saturated carbocycles. The van der Waals surface area contributed by atoms with Gasteiger partial charge in [0.05, 0.1) is 10.9 Å². The third-order valence-electron chi connectivity index (χ3n) is 4.76. The highest BCUT2D eigenvalue weighted by atomic mass is 79.9. The van der Waals surface area contributed by atoms with Crippen LogP contribution in [0.4, 0.5) is 0 Å². The largest absolute Gasteiger partial charge is 0.383 e. The van der Waals surface area contributed by atoms with Gasteiger partial charge in [-0.05, 0) is 43.2 Å². The van der Waals surface area contributed by atoms with Crippen molar-refractivity contribution in [3.63, 3.8) is 0 Å². The van der Waals surface area contributed by atoms with Crippen molar-refractivity contribution in [1.29, 1.82) is 0 Å². The number of aryl methyl sites for hydroxylation is 1. The second-order valence-electron chi connectivity index (χ2n) is 6.46. The Balaban J connectivity index is 1.83. The zero-order valence-electron chi connectivity index (χ0n) is 13.9. The summed E-state index contributed by atoms with van der Waals surface area (Å²) in [6.45, 7) is 2.20. The number of rotatable bonds is 3. The summed E-state index contributed by atoms with van der Waals surface area (Å²) in [5.74, 6) is 0. The summed E-state index contributed by atoms with van der Waals surface area (Å²) in [7, 11) is -3.62. The molecule has 1 saturated heterocycles. The van der Waals surface area contributed by atoms with E-state index >= 15 is 0 Å². The molecule has 5 nitrogen and oxygen atoms in total. The Morgan fingerprint density at radius 1 is 1.16 bits per heavy atom. The van der Waals surface area contributed by atoms with E-state index in [0.29, 0.717) is 5.56 Å². The van der Waals surface area contributed by atoms with Gasteiger partial charge in [0.15, 0.2) is 0 Å². The number of benzene rings is 2. The van der Waals surface area contributed by atoms with E-state index in [9.17, 15) is 13.5 Å². The number of halogens is 1. The summed E-state index contributed by atoms with van der Waals surface area (Å²) < 4.78 is 27.9. The molecule has 3 N–H and O–H groups in total. The first-order valence-electron chi connectivity index (χ1n) is 8.04. The van der Waals surface area contributed by atoms with E-state index in [2.05, 4.69) is 15.9 Å². The average molecular weight is 425 g/mol. The Morgan fingerprint density at radius 3 is 2.32 bits per heavy atom. The molecule has 2 atom stereocenters. The van der Waals surface area contributed by atoms with Crippen molar-refractivity contribution in [1.82, 2.24) is 4.31 Å². The second-order valence-corrected chi connectivity index (χ2v) is 9.32. The van der Waals surface area contributed by atoms with Gasteiger partial charge in [-0.25, -0.2) is 8.42 Å². The van der Waals surface area contributed by atoms with Crippen molar-refractivity contribution >= 4 is 26.0 Å². The molecular weight excluding hydrogens is 404 g/mol. The maximum absolute atomic E-state index is 12.8. The minimum atomic E-state index is -3.62. The van der Waals surface area contributed by atoms with E-state index in [1.165, 1.54) is 4.31 Å². The first-order chi connectivity index (χ1) is 11.7. The molecule has 2 aromatic rings. The summed E-state index contributed by atoms with van der Waals surface area (Å²) in [5.41, 5.74) is 6.67. The molecule has 1 heterocycles. The number of nitrogens with zero attached hydrogens (tertiary/aromatic N) is 1. The number of hydrogen-bond acceptors (Lipinski definition) is 4. The van der Waals surface area contributed by atoms with E-state index in [0.717, 1.165) is 10.0 Å². The molecule has 0 aliphatic carbocycles. The maximum Gasteiger partial charge on any atom is 0.243 e. The fraction of sp³-hybridized carbons (Fsp3) is 0.333. The monoisotopic (exact) mass is 424 g/mol. The van der Waals surface area contributed by atoms with Crippen molar-refractivity contribution in [2.75, 3.05) is 13.1 Å². The van der Waals surface area contributed by atoms with Crippen LogP contribution in [-0.2, 0) is 15.6 Å². The third-order valence-corrected chi connectivity index (χ3v) is 7.17. The van der Waals surface area contributed by atoms with Crippen LogP contribution in [0.1, 0.15) is 17.5 Å². The average Bonchev–Trinajstić information content (AvgIpc) is 2.58. The zero-order valence-corrected chi connectivity index (χ0v) is 16.3. The first-order valence-corrected chi connectivity index (χ1v) is 10.3. The van der Waals surface area contributed by atoms with Crippen LogP contribution in [0.25, 0.3) is 0 Å². The third kappa shape index (κ3) is 3.52. The Labute approximate surface area is 156 Å². The van der Waals surface area contributed by atoms with Gasteiger partial charge in [-0.3, -0.25) is 0 Å². The van der Waals surface area contributed by atoms with Crippen LogP contribution in [-0.4, -0.2) is 37.0 Å². The van der Waals surface area contributed by atoms with Gasteiger partial charge in [0.1, 0.15) is 5.60 Å². The Bertz CT molecular complexity index is 853. The zero-order chi connectivity index (χ0) is 18.2. The van der Waals surface area contributed by atoms with Crippen LogP contribution in [0.5, 0.6) is 0 Å². The fourth-order valence-corrected chi connectivity index (χ4v) is 4.85. The van der Waals surface area contributed by atoms with E-state index in [4.69, 9.17) is 5.73 Å². The van der Waals surface area contributed by atoms with Crippen LogP contribution in [0.3, 0.4) is 0 Å². The van der Waals surface area contributed by atoms with Gasteiger partial charge in [-0.2, -0.15) is 4.31 Å². The van der Waals surface area contributed by atoms with Crippen LogP contribution in [0.15, 0.2) is 57.9 Å². The van der Waals surface area contributed by atoms with Gasteiger partial charge < -0.3 is 10.8 Å². The first kappa shape index (κ1) is 18.5. The van der Waals surface area contributed by atoms with Crippen molar-refractivity contribution in [2.45, 2.75) is 29.9 Å². The SMILES string of the molecule is Cc1ccc(S(=O)(=O)N2CC[C@@](O)(c3ccc(Br)cc3)[C@@H](N)C2)cc1. The predicted octanol–water partition coefficient (Wildman–Crippen LogP) is 2.37. The van der Waals surface area contributed by atoms with Gasteiger partial charge in [-0.15, -0.1) is 0 Å². The maximum atomic E-state index is 12.8. The highest BCUT2D eigenvalue weighted by Gasteiger charge is 2.44.